The molecule has 1 atom stereocenters. The van der Waals surface area contributed by atoms with E-state index in [1.165, 1.54) is 0 Å². The van der Waals surface area contributed by atoms with E-state index in [2.05, 4.69) is 24.1 Å². The Kier molecular flexibility index (Phi) is 8.31. The molecule has 0 fully saturated rings. The Morgan fingerprint density at radius 1 is 1.33 bits per heavy atom. The molecule has 1 amide bonds. The Balaban J connectivity index is 2.65. The number of nitrogens with one attached hydrogen (secondary N) is 1. The number of carbonyl (C=O) groups is 1. The molecular formula is C16H25ClN2O2. The minimum atomic E-state index is -0.129. The van der Waals surface area contributed by atoms with Crippen LogP contribution in [0.5, 0.6) is 0 Å². The molecule has 0 aliphatic heterocycles. The Hall–Kier alpha value is -1.13. The first-order valence-corrected chi connectivity index (χ1v) is 8.04. The first-order chi connectivity index (χ1) is 10.1. The largest absolute Gasteiger partial charge is 0.396 e. The van der Waals surface area contributed by atoms with Crippen LogP contribution in [0.15, 0.2) is 12.1 Å². The summed E-state index contributed by atoms with van der Waals surface area (Å²) in [4.78, 5) is 16.4. The summed E-state index contributed by atoms with van der Waals surface area (Å²) in [6.45, 7) is 4.90. The van der Waals surface area contributed by atoms with Crippen molar-refractivity contribution in [2.24, 2.45) is 5.92 Å². The molecule has 21 heavy (non-hydrogen) atoms. The van der Waals surface area contributed by atoms with Gasteiger partial charge in [0, 0.05) is 24.4 Å². The Morgan fingerprint density at radius 2 is 2.10 bits per heavy atom. The normalized spacial score (nSPS) is 12.2. The van der Waals surface area contributed by atoms with Crippen molar-refractivity contribution in [3.63, 3.8) is 0 Å². The molecule has 118 valence electrons. The van der Waals surface area contributed by atoms with Crippen molar-refractivity contribution in [2.45, 2.75) is 46.0 Å². The smallest absolute Gasteiger partial charge is 0.251 e. The van der Waals surface area contributed by atoms with E-state index in [-0.39, 0.29) is 12.5 Å². The predicted molar refractivity (Wildman–Crippen MR) is 85.7 cm³/mol. The van der Waals surface area contributed by atoms with Crippen LogP contribution in [0, 0.1) is 5.92 Å². The molecule has 2 N–H and O–H groups in total. The van der Waals surface area contributed by atoms with Gasteiger partial charge in [0.2, 0.25) is 0 Å². The van der Waals surface area contributed by atoms with Crippen molar-refractivity contribution in [1.82, 2.24) is 10.3 Å². The zero-order valence-electron chi connectivity index (χ0n) is 12.9. The van der Waals surface area contributed by atoms with Crippen LogP contribution in [0.4, 0.5) is 0 Å². The highest BCUT2D eigenvalue weighted by atomic mass is 35.5. The first-order valence-electron chi connectivity index (χ1n) is 7.66. The summed E-state index contributed by atoms with van der Waals surface area (Å²) in [5, 5.41) is 12.3. The summed E-state index contributed by atoms with van der Waals surface area (Å²) < 4.78 is 0. The van der Waals surface area contributed by atoms with Crippen LogP contribution in [0.25, 0.3) is 0 Å². The lowest BCUT2D eigenvalue weighted by Gasteiger charge is -2.16. The Bertz CT molecular complexity index is 446. The second-order valence-corrected chi connectivity index (χ2v) is 5.68. The van der Waals surface area contributed by atoms with Gasteiger partial charge in [-0.3, -0.25) is 4.79 Å². The quantitative estimate of drug-likeness (QED) is 0.688. The highest BCUT2D eigenvalue weighted by Crippen LogP contribution is 2.13. The monoisotopic (exact) mass is 312 g/mol. The average molecular weight is 313 g/mol. The first kappa shape index (κ1) is 17.9. The van der Waals surface area contributed by atoms with Crippen molar-refractivity contribution in [3.8, 4) is 0 Å². The average Bonchev–Trinajstić information content (AvgIpc) is 2.44. The number of halogens is 1. The van der Waals surface area contributed by atoms with Crippen LogP contribution in [0.3, 0.4) is 0 Å². The third-order valence-corrected chi connectivity index (χ3v) is 3.59. The summed E-state index contributed by atoms with van der Waals surface area (Å²) in [5.41, 5.74) is 1.40. The van der Waals surface area contributed by atoms with Gasteiger partial charge in [0.25, 0.3) is 5.91 Å². The summed E-state index contributed by atoms with van der Waals surface area (Å²) in [7, 11) is 0. The van der Waals surface area contributed by atoms with E-state index in [1.807, 2.05) is 0 Å². The van der Waals surface area contributed by atoms with E-state index in [0.29, 0.717) is 29.6 Å². The van der Waals surface area contributed by atoms with Gasteiger partial charge < -0.3 is 10.4 Å². The fourth-order valence-corrected chi connectivity index (χ4v) is 2.57. The minimum Gasteiger partial charge on any atom is -0.396 e. The SMILES string of the molecule is CCCc1cc(C(=O)NCC(CCC)CCO)cc(Cl)n1. The Morgan fingerprint density at radius 3 is 2.71 bits per heavy atom. The maximum atomic E-state index is 12.2. The molecule has 0 saturated heterocycles. The number of rotatable bonds is 9. The molecule has 1 aromatic heterocycles. The maximum absolute atomic E-state index is 12.2. The summed E-state index contributed by atoms with van der Waals surface area (Å²) in [6, 6.07) is 3.39. The lowest BCUT2D eigenvalue weighted by atomic mass is 10.00. The van der Waals surface area contributed by atoms with Crippen molar-refractivity contribution in [1.29, 1.82) is 0 Å². The van der Waals surface area contributed by atoms with Gasteiger partial charge in [0.1, 0.15) is 5.15 Å². The minimum absolute atomic E-state index is 0.129. The number of aryl methyl sites for hydroxylation is 1. The van der Waals surface area contributed by atoms with Crippen LogP contribution in [0.2, 0.25) is 5.15 Å². The molecule has 1 rings (SSSR count). The maximum Gasteiger partial charge on any atom is 0.251 e. The number of aliphatic hydroxyl groups is 1. The fourth-order valence-electron chi connectivity index (χ4n) is 2.34. The van der Waals surface area contributed by atoms with Crippen molar-refractivity contribution >= 4 is 17.5 Å². The standard InChI is InChI=1S/C16H25ClN2O2/c1-3-5-12(7-8-20)11-18-16(21)13-9-14(6-4-2)19-15(17)10-13/h9-10,12,20H,3-8,11H2,1-2H3,(H,18,21). The zero-order valence-corrected chi connectivity index (χ0v) is 13.6. The predicted octanol–water partition coefficient (Wildman–Crippen LogP) is 3.22. The number of hydrogen-bond donors (Lipinski definition) is 2. The van der Waals surface area contributed by atoms with E-state index in [0.717, 1.165) is 31.4 Å². The van der Waals surface area contributed by atoms with Gasteiger partial charge in [-0.15, -0.1) is 0 Å². The summed E-state index contributed by atoms with van der Waals surface area (Å²) >= 11 is 5.97. The van der Waals surface area contributed by atoms with Gasteiger partial charge in [-0.05, 0) is 37.3 Å². The molecule has 0 aliphatic carbocycles. The van der Waals surface area contributed by atoms with Gasteiger partial charge in [-0.1, -0.05) is 38.3 Å². The fraction of sp³-hybridized carbons (Fsp3) is 0.625. The van der Waals surface area contributed by atoms with Crippen molar-refractivity contribution < 1.29 is 9.90 Å². The van der Waals surface area contributed by atoms with Crippen molar-refractivity contribution in [3.05, 3.63) is 28.5 Å². The van der Waals surface area contributed by atoms with Crippen LogP contribution in [-0.4, -0.2) is 29.1 Å². The lowest BCUT2D eigenvalue weighted by molar-refractivity contribution is 0.0942. The second kappa shape index (κ2) is 9.74. The number of aromatic nitrogens is 1. The molecule has 0 spiro atoms. The Labute approximate surface area is 131 Å². The number of nitrogens with zero attached hydrogens (tertiary/aromatic N) is 1. The van der Waals surface area contributed by atoms with Crippen LogP contribution >= 0.6 is 11.6 Å². The van der Waals surface area contributed by atoms with Gasteiger partial charge in [0.15, 0.2) is 0 Å². The molecule has 0 saturated carbocycles. The van der Waals surface area contributed by atoms with Crippen molar-refractivity contribution in [2.75, 3.05) is 13.2 Å². The number of hydrogen-bond acceptors (Lipinski definition) is 3. The number of amides is 1. The summed E-state index contributed by atoms with van der Waals surface area (Å²) in [5.74, 6) is 0.187. The summed E-state index contributed by atoms with van der Waals surface area (Å²) in [6.07, 6.45) is 4.53. The van der Waals surface area contributed by atoms with Crippen LogP contribution < -0.4 is 5.32 Å². The molecular weight excluding hydrogens is 288 g/mol. The molecule has 4 nitrogen and oxygen atoms in total. The van der Waals surface area contributed by atoms with Gasteiger partial charge >= 0.3 is 0 Å². The second-order valence-electron chi connectivity index (χ2n) is 5.30. The number of carbonyl (C=O) groups excluding carboxylic acids is 1. The van der Waals surface area contributed by atoms with Crippen LogP contribution in [0.1, 0.15) is 55.6 Å². The highest BCUT2D eigenvalue weighted by Gasteiger charge is 2.12. The number of pyridine rings is 1. The highest BCUT2D eigenvalue weighted by molar-refractivity contribution is 6.29. The molecule has 0 radical (unpaired) electrons. The van der Waals surface area contributed by atoms with E-state index >= 15 is 0 Å². The third kappa shape index (κ3) is 6.44. The lowest BCUT2D eigenvalue weighted by Crippen LogP contribution is -2.30. The van der Waals surface area contributed by atoms with Gasteiger partial charge in [-0.2, -0.15) is 0 Å². The molecule has 1 unspecified atom stereocenters. The van der Waals surface area contributed by atoms with Gasteiger partial charge in [0.05, 0.1) is 0 Å². The third-order valence-electron chi connectivity index (χ3n) is 3.40. The molecule has 1 aromatic rings. The molecule has 1 heterocycles. The van der Waals surface area contributed by atoms with E-state index in [9.17, 15) is 4.79 Å². The molecule has 0 aliphatic rings. The molecule has 0 aromatic carbocycles. The molecule has 5 heteroatoms. The topological polar surface area (TPSA) is 62.2 Å². The van der Waals surface area contributed by atoms with Crippen LogP contribution in [-0.2, 0) is 6.42 Å². The molecule has 0 bridgehead atoms. The van der Waals surface area contributed by atoms with E-state index in [1.54, 1.807) is 12.1 Å². The van der Waals surface area contributed by atoms with E-state index < -0.39 is 0 Å². The van der Waals surface area contributed by atoms with E-state index in [4.69, 9.17) is 16.7 Å². The van der Waals surface area contributed by atoms with Gasteiger partial charge in [-0.25, -0.2) is 4.98 Å². The zero-order chi connectivity index (χ0) is 15.7. The number of aliphatic hydroxyl groups excluding tert-OH is 1.